The van der Waals surface area contributed by atoms with E-state index in [1.165, 1.54) is 0 Å². The molecule has 0 N–H and O–H groups in total. The van der Waals surface area contributed by atoms with Crippen LogP contribution in [-0.2, 0) is 9.53 Å². The zero-order chi connectivity index (χ0) is 22.7. The Labute approximate surface area is 200 Å². The Hall–Kier alpha value is -3.13. The lowest BCUT2D eigenvalue weighted by Gasteiger charge is -2.15. The van der Waals surface area contributed by atoms with Crippen LogP contribution in [0.15, 0.2) is 77.4 Å². The number of methoxy groups -OCH3 is 1. The van der Waals surface area contributed by atoms with Crippen molar-refractivity contribution in [2.24, 2.45) is 4.99 Å². The summed E-state index contributed by atoms with van der Waals surface area (Å²) in [6, 6.07) is 21.6. The molecule has 0 saturated carbocycles. The summed E-state index contributed by atoms with van der Waals surface area (Å²) < 4.78 is 17.7. The van der Waals surface area contributed by atoms with Gasteiger partial charge in [0, 0.05) is 5.56 Å². The molecule has 0 atom stereocenters. The highest BCUT2D eigenvalue weighted by molar-refractivity contribution is 14.1. The Bertz CT molecular complexity index is 1200. The molecule has 0 unspecified atom stereocenters. The fraction of sp³-hybridized carbons (Fsp3) is 0.154. The van der Waals surface area contributed by atoms with Crippen LogP contribution in [0.4, 0.5) is 0 Å². The highest BCUT2D eigenvalue weighted by atomic mass is 127. The fourth-order valence-electron chi connectivity index (χ4n) is 3.30. The van der Waals surface area contributed by atoms with E-state index in [1.807, 2.05) is 68.4 Å². The van der Waals surface area contributed by atoms with E-state index in [0.29, 0.717) is 17.4 Å². The second-order valence-corrected chi connectivity index (χ2v) is 8.64. The van der Waals surface area contributed by atoms with Crippen LogP contribution in [0.3, 0.4) is 0 Å². The van der Waals surface area contributed by atoms with Gasteiger partial charge >= 0.3 is 5.97 Å². The van der Waals surface area contributed by atoms with E-state index < -0.39 is 5.97 Å². The quantitative estimate of drug-likeness (QED) is 0.216. The molecule has 32 heavy (non-hydrogen) atoms. The topological polar surface area (TPSA) is 57.1 Å². The van der Waals surface area contributed by atoms with Gasteiger partial charge in [-0.15, -0.1) is 0 Å². The van der Waals surface area contributed by atoms with Crippen molar-refractivity contribution in [1.82, 2.24) is 0 Å². The number of carbonyl (C=O) groups excluding carboxylic acids is 1. The van der Waals surface area contributed by atoms with Gasteiger partial charge in [-0.2, -0.15) is 0 Å². The van der Waals surface area contributed by atoms with Crippen molar-refractivity contribution >= 4 is 40.5 Å². The molecule has 1 aliphatic heterocycles. The number of benzene rings is 3. The second kappa shape index (κ2) is 9.56. The molecular weight excluding hydrogens is 517 g/mol. The van der Waals surface area contributed by atoms with E-state index >= 15 is 0 Å². The highest BCUT2D eigenvalue weighted by Gasteiger charge is 2.24. The zero-order valence-electron chi connectivity index (χ0n) is 18.0. The summed E-state index contributed by atoms with van der Waals surface area (Å²) in [5.74, 6) is 1.09. The predicted octanol–water partition coefficient (Wildman–Crippen LogP) is 6.10. The maximum absolute atomic E-state index is 12.4. The number of hydrogen-bond donors (Lipinski definition) is 0. The lowest BCUT2D eigenvalue weighted by molar-refractivity contribution is -0.129. The summed E-state index contributed by atoms with van der Waals surface area (Å²) >= 11 is 2.20. The molecule has 6 heteroatoms. The van der Waals surface area contributed by atoms with Gasteiger partial charge in [0.2, 0.25) is 5.90 Å². The largest absolute Gasteiger partial charge is 0.493 e. The Morgan fingerprint density at radius 1 is 0.969 bits per heavy atom. The zero-order valence-corrected chi connectivity index (χ0v) is 20.1. The number of rotatable bonds is 6. The van der Waals surface area contributed by atoms with E-state index in [4.69, 9.17) is 14.2 Å². The molecule has 0 aliphatic carbocycles. The molecule has 162 valence electrons. The van der Waals surface area contributed by atoms with Crippen molar-refractivity contribution in [3.8, 4) is 22.6 Å². The molecular formula is C26H22INO4. The number of ether oxygens (including phenoxy) is 3. The minimum absolute atomic E-state index is 0.0202. The average Bonchev–Trinajstić information content (AvgIpc) is 3.16. The van der Waals surface area contributed by atoms with Crippen LogP contribution >= 0.6 is 22.6 Å². The van der Waals surface area contributed by atoms with Gasteiger partial charge in [-0.05, 0) is 83.5 Å². The standard InChI is InChI=1S/C26H22INO4/c1-16(2)31-24-21(27)13-17(15-23(24)30-3)14-22-26(29)32-25(28-22)20-11-9-19(10-12-20)18-7-5-4-6-8-18/h4-16H,1-3H3/b22-14-. The van der Waals surface area contributed by atoms with E-state index in [-0.39, 0.29) is 11.8 Å². The van der Waals surface area contributed by atoms with Crippen LogP contribution in [0.1, 0.15) is 25.0 Å². The summed E-state index contributed by atoms with van der Waals surface area (Å²) in [5.41, 5.74) is 3.97. The minimum atomic E-state index is -0.483. The fourth-order valence-corrected chi connectivity index (χ4v) is 4.05. The molecule has 4 rings (SSSR count). The first-order valence-corrected chi connectivity index (χ1v) is 11.2. The van der Waals surface area contributed by atoms with Gasteiger partial charge in [0.1, 0.15) is 0 Å². The van der Waals surface area contributed by atoms with Gasteiger partial charge in [-0.1, -0.05) is 42.5 Å². The van der Waals surface area contributed by atoms with Crippen LogP contribution in [-0.4, -0.2) is 25.1 Å². The van der Waals surface area contributed by atoms with Crippen LogP contribution in [0.5, 0.6) is 11.5 Å². The Morgan fingerprint density at radius 2 is 1.62 bits per heavy atom. The minimum Gasteiger partial charge on any atom is -0.493 e. The van der Waals surface area contributed by atoms with E-state index in [0.717, 1.165) is 25.8 Å². The third kappa shape index (κ3) is 4.85. The summed E-state index contributed by atoms with van der Waals surface area (Å²) in [6.45, 7) is 3.92. The number of esters is 1. The molecule has 0 fully saturated rings. The van der Waals surface area contributed by atoms with Crippen molar-refractivity contribution in [3.63, 3.8) is 0 Å². The lowest BCUT2D eigenvalue weighted by atomic mass is 10.0. The van der Waals surface area contributed by atoms with Crippen LogP contribution in [0.2, 0.25) is 0 Å². The molecule has 0 amide bonds. The van der Waals surface area contributed by atoms with Crippen LogP contribution in [0.25, 0.3) is 17.2 Å². The number of cyclic esters (lactones) is 1. The number of halogens is 1. The number of aliphatic imine (C=N–C) groups is 1. The smallest absolute Gasteiger partial charge is 0.363 e. The van der Waals surface area contributed by atoms with Crippen LogP contribution < -0.4 is 9.47 Å². The van der Waals surface area contributed by atoms with E-state index in [1.54, 1.807) is 13.2 Å². The van der Waals surface area contributed by atoms with Crippen molar-refractivity contribution in [3.05, 3.63) is 87.1 Å². The predicted molar refractivity (Wildman–Crippen MR) is 134 cm³/mol. The first kappa shape index (κ1) is 22.1. The number of hydrogen-bond acceptors (Lipinski definition) is 5. The molecule has 0 saturated heterocycles. The van der Waals surface area contributed by atoms with E-state index in [9.17, 15) is 4.79 Å². The van der Waals surface area contributed by atoms with Gasteiger partial charge in [0.15, 0.2) is 17.2 Å². The summed E-state index contributed by atoms with van der Waals surface area (Å²) in [5, 5.41) is 0. The van der Waals surface area contributed by atoms with Crippen molar-refractivity contribution in [2.45, 2.75) is 20.0 Å². The summed E-state index contributed by atoms with van der Waals surface area (Å²) in [7, 11) is 1.59. The number of nitrogens with zero attached hydrogens (tertiary/aromatic N) is 1. The maximum Gasteiger partial charge on any atom is 0.363 e. The lowest BCUT2D eigenvalue weighted by Crippen LogP contribution is -2.08. The molecule has 0 bridgehead atoms. The molecule has 1 aliphatic rings. The van der Waals surface area contributed by atoms with Gasteiger partial charge in [-0.3, -0.25) is 0 Å². The molecule has 1 heterocycles. The molecule has 0 radical (unpaired) electrons. The number of carbonyl (C=O) groups is 1. The van der Waals surface area contributed by atoms with E-state index in [2.05, 4.69) is 39.7 Å². The van der Waals surface area contributed by atoms with Crippen molar-refractivity contribution in [1.29, 1.82) is 0 Å². The monoisotopic (exact) mass is 539 g/mol. The van der Waals surface area contributed by atoms with Crippen molar-refractivity contribution in [2.75, 3.05) is 7.11 Å². The van der Waals surface area contributed by atoms with Crippen LogP contribution in [0, 0.1) is 3.57 Å². The average molecular weight is 539 g/mol. The Kier molecular flexibility index (Phi) is 6.60. The highest BCUT2D eigenvalue weighted by Crippen LogP contribution is 2.35. The van der Waals surface area contributed by atoms with Crippen molar-refractivity contribution < 1.29 is 19.0 Å². The molecule has 5 nitrogen and oxygen atoms in total. The third-order valence-corrected chi connectivity index (χ3v) is 5.57. The Balaban J connectivity index is 1.61. The van der Waals surface area contributed by atoms with Gasteiger partial charge in [0.05, 0.1) is 16.8 Å². The second-order valence-electron chi connectivity index (χ2n) is 7.48. The Morgan fingerprint density at radius 3 is 2.28 bits per heavy atom. The summed E-state index contributed by atoms with van der Waals surface area (Å²) in [4.78, 5) is 16.9. The first-order valence-electron chi connectivity index (χ1n) is 10.2. The first-order chi connectivity index (χ1) is 15.4. The van der Waals surface area contributed by atoms with Gasteiger partial charge in [-0.25, -0.2) is 9.79 Å². The molecule has 3 aromatic carbocycles. The molecule has 0 spiro atoms. The SMILES string of the molecule is COc1cc(/C=C2\N=C(c3ccc(-c4ccccc4)cc3)OC2=O)cc(I)c1OC(C)C. The molecule has 3 aromatic rings. The van der Waals surface area contributed by atoms with Gasteiger partial charge in [0.25, 0.3) is 0 Å². The summed E-state index contributed by atoms with van der Waals surface area (Å²) in [6.07, 6.45) is 1.71. The third-order valence-electron chi connectivity index (χ3n) is 4.77. The molecule has 0 aromatic heterocycles. The maximum atomic E-state index is 12.4. The normalized spacial score (nSPS) is 14.5. The van der Waals surface area contributed by atoms with Gasteiger partial charge < -0.3 is 14.2 Å².